The fraction of sp³-hybridized carbons (Fsp3) is 0.625. The number of hydrogen-bond donors (Lipinski definition) is 3. The van der Waals surface area contributed by atoms with Gasteiger partial charge in [0.25, 0.3) is 5.91 Å². The molecule has 1 aliphatic carbocycles. The van der Waals surface area contributed by atoms with E-state index >= 15 is 0 Å². The molecule has 1 unspecified atom stereocenters. The van der Waals surface area contributed by atoms with Gasteiger partial charge in [-0.3, -0.25) is 9.59 Å². The molecular weight excluding hydrogens is 300 g/mol. The molecule has 0 aliphatic heterocycles. The van der Waals surface area contributed by atoms with Crippen LogP contribution in [0.15, 0.2) is 16.8 Å². The first-order valence-corrected chi connectivity index (χ1v) is 8.85. The Labute approximate surface area is 135 Å². The number of amides is 2. The smallest absolute Gasteiger partial charge is 0.252 e. The number of carbonyl (C=O) groups excluding carboxylic acids is 2. The maximum absolute atomic E-state index is 12.0. The highest BCUT2D eigenvalue weighted by Crippen LogP contribution is 2.27. The fourth-order valence-corrected chi connectivity index (χ4v) is 3.65. The lowest BCUT2D eigenvalue weighted by Gasteiger charge is -2.30. The normalized spacial score (nSPS) is 17.0. The van der Waals surface area contributed by atoms with Crippen molar-refractivity contribution in [2.45, 2.75) is 44.6 Å². The third-order valence-corrected chi connectivity index (χ3v) is 4.88. The molecule has 2 rings (SSSR count). The molecule has 1 aliphatic rings. The summed E-state index contributed by atoms with van der Waals surface area (Å²) in [4.78, 5) is 23.8. The summed E-state index contributed by atoms with van der Waals surface area (Å²) in [5, 5.41) is 18.4. The number of nitrogens with one attached hydrogen (secondary N) is 2. The van der Waals surface area contributed by atoms with Crippen LogP contribution in [0.1, 0.15) is 48.9 Å². The average Bonchev–Trinajstić information content (AvgIpc) is 3.07. The second kappa shape index (κ2) is 8.90. The molecule has 1 heterocycles. The third kappa shape index (κ3) is 5.10. The molecule has 1 atom stereocenters. The van der Waals surface area contributed by atoms with Gasteiger partial charge in [0.05, 0.1) is 6.54 Å². The van der Waals surface area contributed by atoms with Crippen molar-refractivity contribution in [2.24, 2.45) is 5.92 Å². The molecule has 6 heteroatoms. The van der Waals surface area contributed by atoms with E-state index in [0.717, 1.165) is 12.8 Å². The molecular formula is C16H24N2O3S. The van der Waals surface area contributed by atoms with E-state index in [-0.39, 0.29) is 31.0 Å². The van der Waals surface area contributed by atoms with Gasteiger partial charge in [-0.1, -0.05) is 19.3 Å². The van der Waals surface area contributed by atoms with Crippen LogP contribution in [0.4, 0.5) is 0 Å². The number of thiophene rings is 1. The van der Waals surface area contributed by atoms with E-state index in [0.29, 0.717) is 17.9 Å². The monoisotopic (exact) mass is 324 g/mol. The molecule has 2 amide bonds. The Bertz CT molecular complexity index is 470. The van der Waals surface area contributed by atoms with Crippen molar-refractivity contribution in [3.8, 4) is 0 Å². The second-order valence-electron chi connectivity index (χ2n) is 5.78. The van der Waals surface area contributed by atoms with E-state index in [4.69, 9.17) is 0 Å². The topological polar surface area (TPSA) is 78.4 Å². The van der Waals surface area contributed by atoms with Crippen molar-refractivity contribution >= 4 is 23.2 Å². The predicted molar refractivity (Wildman–Crippen MR) is 86.9 cm³/mol. The largest absolute Gasteiger partial charge is 0.396 e. The highest BCUT2D eigenvalue weighted by molar-refractivity contribution is 7.08. The molecule has 1 fully saturated rings. The lowest BCUT2D eigenvalue weighted by Crippen LogP contribution is -2.46. The second-order valence-corrected chi connectivity index (χ2v) is 6.56. The summed E-state index contributed by atoms with van der Waals surface area (Å²) < 4.78 is 0. The van der Waals surface area contributed by atoms with Crippen molar-refractivity contribution in [2.75, 3.05) is 13.2 Å². The lowest BCUT2D eigenvalue weighted by molar-refractivity contribution is -0.121. The van der Waals surface area contributed by atoms with Crippen LogP contribution in [0, 0.1) is 5.92 Å². The van der Waals surface area contributed by atoms with Crippen molar-refractivity contribution in [3.63, 3.8) is 0 Å². The van der Waals surface area contributed by atoms with Crippen molar-refractivity contribution in [3.05, 3.63) is 22.4 Å². The molecule has 0 radical (unpaired) electrons. The Morgan fingerprint density at radius 1 is 1.32 bits per heavy atom. The van der Waals surface area contributed by atoms with Crippen LogP contribution in [0.5, 0.6) is 0 Å². The van der Waals surface area contributed by atoms with Gasteiger partial charge in [0.2, 0.25) is 5.91 Å². The first kappa shape index (κ1) is 17.0. The Kier molecular flexibility index (Phi) is 6.86. The lowest BCUT2D eigenvalue weighted by atomic mass is 9.82. The van der Waals surface area contributed by atoms with Crippen LogP contribution in [-0.2, 0) is 4.79 Å². The molecule has 1 saturated carbocycles. The van der Waals surface area contributed by atoms with Crippen molar-refractivity contribution in [1.29, 1.82) is 0 Å². The van der Waals surface area contributed by atoms with Gasteiger partial charge in [0.1, 0.15) is 0 Å². The van der Waals surface area contributed by atoms with Crippen molar-refractivity contribution in [1.82, 2.24) is 10.6 Å². The fourth-order valence-electron chi connectivity index (χ4n) is 3.02. The van der Waals surface area contributed by atoms with Gasteiger partial charge in [-0.25, -0.2) is 0 Å². The van der Waals surface area contributed by atoms with E-state index < -0.39 is 0 Å². The van der Waals surface area contributed by atoms with Gasteiger partial charge in [-0.05, 0) is 36.6 Å². The summed E-state index contributed by atoms with van der Waals surface area (Å²) in [5.41, 5.74) is 0.581. The van der Waals surface area contributed by atoms with E-state index in [1.54, 1.807) is 11.4 Å². The molecule has 1 aromatic rings. The van der Waals surface area contributed by atoms with Crippen molar-refractivity contribution < 1.29 is 14.7 Å². The van der Waals surface area contributed by atoms with E-state index in [2.05, 4.69) is 10.6 Å². The molecule has 1 aromatic heterocycles. The number of carbonyl (C=O) groups is 2. The van der Waals surface area contributed by atoms with Gasteiger partial charge < -0.3 is 15.7 Å². The first-order chi connectivity index (χ1) is 10.7. The number of hydrogen-bond acceptors (Lipinski definition) is 4. The van der Waals surface area contributed by atoms with Crippen LogP contribution in [0.25, 0.3) is 0 Å². The van der Waals surface area contributed by atoms with Crippen LogP contribution < -0.4 is 10.6 Å². The molecule has 0 aromatic carbocycles. The number of rotatable bonds is 7. The molecule has 3 N–H and O–H groups in total. The van der Waals surface area contributed by atoms with Crippen LogP contribution in [0.2, 0.25) is 0 Å². The highest BCUT2D eigenvalue weighted by atomic mass is 32.1. The van der Waals surface area contributed by atoms with Gasteiger partial charge in [0, 0.05) is 23.6 Å². The predicted octanol–water partition coefficient (Wildman–Crippen LogP) is 1.93. The number of aliphatic hydroxyl groups is 1. The molecule has 0 spiro atoms. The summed E-state index contributed by atoms with van der Waals surface area (Å²) in [5.74, 6) is 0.0257. The molecule has 5 nitrogen and oxygen atoms in total. The first-order valence-electron chi connectivity index (χ1n) is 7.91. The third-order valence-electron chi connectivity index (χ3n) is 4.20. The Morgan fingerprint density at radius 2 is 2.09 bits per heavy atom. The van der Waals surface area contributed by atoms with E-state index in [9.17, 15) is 14.7 Å². The maximum Gasteiger partial charge on any atom is 0.252 e. The summed E-state index contributed by atoms with van der Waals surface area (Å²) in [6, 6.07) is 1.74. The summed E-state index contributed by atoms with van der Waals surface area (Å²) in [6.07, 6.45) is 6.43. The Balaban J connectivity index is 1.78. The molecule has 0 saturated heterocycles. The summed E-state index contributed by atoms with van der Waals surface area (Å²) in [7, 11) is 0. The van der Waals surface area contributed by atoms with Gasteiger partial charge >= 0.3 is 0 Å². The zero-order valence-electron chi connectivity index (χ0n) is 12.7. The maximum atomic E-state index is 12.0. The summed E-state index contributed by atoms with van der Waals surface area (Å²) in [6.45, 7) is 0.0477. The minimum Gasteiger partial charge on any atom is -0.396 e. The average molecular weight is 324 g/mol. The quantitative estimate of drug-likeness (QED) is 0.717. The number of aliphatic hydroxyl groups excluding tert-OH is 1. The van der Waals surface area contributed by atoms with E-state index in [1.165, 1.54) is 30.6 Å². The summed E-state index contributed by atoms with van der Waals surface area (Å²) >= 11 is 1.45. The SMILES string of the molecule is O=C(CNC(=O)c1ccsc1)NC(CCO)C1CCCCC1. The minimum absolute atomic E-state index is 0.0100. The van der Waals surface area contributed by atoms with Crippen LogP contribution in [0.3, 0.4) is 0 Å². The minimum atomic E-state index is -0.229. The van der Waals surface area contributed by atoms with Gasteiger partial charge in [-0.2, -0.15) is 11.3 Å². The van der Waals surface area contributed by atoms with Gasteiger partial charge in [-0.15, -0.1) is 0 Å². The molecule has 22 heavy (non-hydrogen) atoms. The Hall–Kier alpha value is -1.40. The van der Waals surface area contributed by atoms with Crippen LogP contribution >= 0.6 is 11.3 Å². The zero-order valence-corrected chi connectivity index (χ0v) is 13.5. The molecule has 122 valence electrons. The Morgan fingerprint density at radius 3 is 2.73 bits per heavy atom. The van der Waals surface area contributed by atoms with Crippen LogP contribution in [-0.4, -0.2) is 36.1 Å². The van der Waals surface area contributed by atoms with E-state index in [1.807, 2.05) is 5.38 Å². The highest BCUT2D eigenvalue weighted by Gasteiger charge is 2.24. The standard InChI is InChI=1S/C16H24N2O3S/c19-8-6-14(12-4-2-1-3-5-12)18-15(20)10-17-16(21)13-7-9-22-11-13/h7,9,11-12,14,19H,1-6,8,10H2,(H,17,21)(H,18,20). The zero-order chi connectivity index (χ0) is 15.8. The molecule has 0 bridgehead atoms. The van der Waals surface area contributed by atoms with Gasteiger partial charge in [0.15, 0.2) is 0 Å².